The molecule has 0 aliphatic rings. The van der Waals surface area contributed by atoms with Gasteiger partial charge in [-0.3, -0.25) is 0 Å². The first-order chi connectivity index (χ1) is 8.04. The van der Waals surface area contributed by atoms with Gasteiger partial charge in [-0.05, 0) is 24.1 Å². The molecule has 0 fully saturated rings. The maximum absolute atomic E-state index is 12.1. The summed E-state index contributed by atoms with van der Waals surface area (Å²) in [6.07, 6.45) is -2.44. The van der Waals surface area contributed by atoms with Crippen LogP contribution in [0.1, 0.15) is 52.2 Å². The van der Waals surface area contributed by atoms with Crippen molar-refractivity contribution in [3.8, 4) is 0 Å². The molecule has 3 heteroatoms. The van der Waals surface area contributed by atoms with Gasteiger partial charge >= 0.3 is 6.18 Å². The topological polar surface area (TPSA) is 0 Å². The Morgan fingerprint density at radius 1 is 0.882 bits per heavy atom. The Morgan fingerprint density at radius 2 is 1.29 bits per heavy atom. The average molecular weight is 248 g/mol. The minimum absolute atomic E-state index is 0.577. The quantitative estimate of drug-likeness (QED) is 0.628. The zero-order valence-electron chi connectivity index (χ0n) is 11.4. The summed E-state index contributed by atoms with van der Waals surface area (Å²) in [6.45, 7) is 10.00. The second kappa shape index (κ2) is 10.2. The SMILES string of the molecule is CC.CC.CCCc1ccc(C(F)(F)F)cc1. The highest BCUT2D eigenvalue weighted by molar-refractivity contribution is 5.24. The van der Waals surface area contributed by atoms with Gasteiger partial charge in [-0.2, -0.15) is 13.2 Å². The lowest BCUT2D eigenvalue weighted by atomic mass is 10.1. The molecule has 0 aromatic heterocycles. The van der Waals surface area contributed by atoms with Crippen LogP contribution in [0.15, 0.2) is 24.3 Å². The first kappa shape index (κ1) is 18.4. The van der Waals surface area contributed by atoms with Crippen molar-refractivity contribution in [2.45, 2.75) is 53.6 Å². The molecule has 0 aliphatic heterocycles. The summed E-state index contributed by atoms with van der Waals surface area (Å²) in [5.74, 6) is 0. The van der Waals surface area contributed by atoms with E-state index in [1.54, 1.807) is 0 Å². The Labute approximate surface area is 103 Å². The van der Waals surface area contributed by atoms with E-state index in [9.17, 15) is 13.2 Å². The summed E-state index contributed by atoms with van der Waals surface area (Å²) in [6, 6.07) is 5.33. The van der Waals surface area contributed by atoms with Gasteiger partial charge in [0.2, 0.25) is 0 Å². The molecule has 100 valence electrons. The number of hydrogen-bond donors (Lipinski definition) is 0. The van der Waals surface area contributed by atoms with Gasteiger partial charge < -0.3 is 0 Å². The molecule has 0 atom stereocenters. The lowest BCUT2D eigenvalue weighted by Crippen LogP contribution is -2.04. The Hall–Kier alpha value is -0.990. The highest BCUT2D eigenvalue weighted by Crippen LogP contribution is 2.29. The standard InChI is InChI=1S/C10H11F3.2C2H6/c1-2-3-8-4-6-9(7-5-8)10(11,12)13;2*1-2/h4-7H,2-3H2,1H3;2*1-2H3. The van der Waals surface area contributed by atoms with Gasteiger partial charge in [-0.15, -0.1) is 0 Å². The van der Waals surface area contributed by atoms with E-state index in [1.165, 1.54) is 12.1 Å². The van der Waals surface area contributed by atoms with Crippen molar-refractivity contribution in [3.63, 3.8) is 0 Å². The van der Waals surface area contributed by atoms with Crippen LogP contribution >= 0.6 is 0 Å². The predicted octanol–water partition coefficient (Wildman–Crippen LogP) is 5.71. The van der Waals surface area contributed by atoms with Crippen molar-refractivity contribution < 1.29 is 13.2 Å². The molecule has 1 aromatic carbocycles. The van der Waals surface area contributed by atoms with Crippen LogP contribution in [-0.4, -0.2) is 0 Å². The van der Waals surface area contributed by atoms with Crippen molar-refractivity contribution in [1.29, 1.82) is 0 Å². The first-order valence-electron chi connectivity index (χ1n) is 6.20. The van der Waals surface area contributed by atoms with Gasteiger partial charge in [0.25, 0.3) is 0 Å². The number of alkyl halides is 3. The molecule has 0 nitrogen and oxygen atoms in total. The summed E-state index contributed by atoms with van der Waals surface area (Å²) in [4.78, 5) is 0. The summed E-state index contributed by atoms with van der Waals surface area (Å²) >= 11 is 0. The number of benzene rings is 1. The third-order valence-electron chi connectivity index (χ3n) is 1.82. The fourth-order valence-electron chi connectivity index (χ4n) is 1.15. The minimum atomic E-state index is -4.22. The van der Waals surface area contributed by atoms with Crippen LogP contribution in [0.2, 0.25) is 0 Å². The zero-order chi connectivity index (χ0) is 13.9. The van der Waals surface area contributed by atoms with E-state index >= 15 is 0 Å². The monoisotopic (exact) mass is 248 g/mol. The van der Waals surface area contributed by atoms with E-state index in [-0.39, 0.29) is 0 Å². The second-order valence-corrected chi connectivity index (χ2v) is 2.94. The van der Waals surface area contributed by atoms with Crippen molar-refractivity contribution in [2.75, 3.05) is 0 Å². The summed E-state index contributed by atoms with van der Waals surface area (Å²) in [5.41, 5.74) is 0.378. The van der Waals surface area contributed by atoms with Gasteiger partial charge in [0.05, 0.1) is 5.56 Å². The van der Waals surface area contributed by atoms with E-state index in [0.29, 0.717) is 0 Å². The van der Waals surface area contributed by atoms with Crippen LogP contribution < -0.4 is 0 Å². The van der Waals surface area contributed by atoms with Crippen molar-refractivity contribution >= 4 is 0 Å². The van der Waals surface area contributed by atoms with Gasteiger partial charge in [-0.1, -0.05) is 53.2 Å². The third kappa shape index (κ3) is 7.83. The average Bonchev–Trinajstić information content (AvgIpc) is 2.34. The fraction of sp³-hybridized carbons (Fsp3) is 0.571. The number of halogens is 3. The normalized spacial score (nSPS) is 9.65. The highest BCUT2D eigenvalue weighted by Gasteiger charge is 2.29. The number of rotatable bonds is 2. The maximum Gasteiger partial charge on any atom is 0.416 e. The molecule has 0 N–H and O–H groups in total. The molecule has 0 amide bonds. The predicted molar refractivity (Wildman–Crippen MR) is 68.1 cm³/mol. The molecule has 0 aliphatic carbocycles. The lowest BCUT2D eigenvalue weighted by Gasteiger charge is -2.06. The van der Waals surface area contributed by atoms with Crippen LogP contribution in [0.3, 0.4) is 0 Å². The molecule has 17 heavy (non-hydrogen) atoms. The highest BCUT2D eigenvalue weighted by atomic mass is 19.4. The second-order valence-electron chi connectivity index (χ2n) is 2.94. The van der Waals surface area contributed by atoms with Gasteiger partial charge in [0, 0.05) is 0 Å². The van der Waals surface area contributed by atoms with Crippen LogP contribution in [0.5, 0.6) is 0 Å². The largest absolute Gasteiger partial charge is 0.416 e. The van der Waals surface area contributed by atoms with Crippen molar-refractivity contribution in [1.82, 2.24) is 0 Å². The zero-order valence-corrected chi connectivity index (χ0v) is 11.4. The van der Waals surface area contributed by atoms with Crippen LogP contribution in [-0.2, 0) is 12.6 Å². The molecule has 0 radical (unpaired) electrons. The smallest absolute Gasteiger partial charge is 0.166 e. The number of hydrogen-bond acceptors (Lipinski definition) is 0. The van der Waals surface area contributed by atoms with E-state index < -0.39 is 11.7 Å². The Balaban J connectivity index is 0. The molecule has 1 rings (SSSR count). The molecule has 0 heterocycles. The van der Waals surface area contributed by atoms with Crippen LogP contribution in [0.25, 0.3) is 0 Å². The van der Waals surface area contributed by atoms with Gasteiger partial charge in [0.15, 0.2) is 0 Å². The maximum atomic E-state index is 12.1. The molecular weight excluding hydrogens is 225 g/mol. The van der Waals surface area contributed by atoms with Crippen molar-refractivity contribution in [2.24, 2.45) is 0 Å². The molecule has 0 spiro atoms. The summed E-state index contributed by atoms with van der Waals surface area (Å²) < 4.78 is 36.3. The van der Waals surface area contributed by atoms with Crippen LogP contribution in [0.4, 0.5) is 13.2 Å². The summed E-state index contributed by atoms with van der Waals surface area (Å²) in [5, 5.41) is 0. The molecule has 0 saturated carbocycles. The molecule has 0 unspecified atom stereocenters. The summed E-state index contributed by atoms with van der Waals surface area (Å²) in [7, 11) is 0. The van der Waals surface area contributed by atoms with Crippen molar-refractivity contribution in [3.05, 3.63) is 35.4 Å². The van der Waals surface area contributed by atoms with E-state index in [2.05, 4.69) is 0 Å². The Bertz CT molecular complexity index is 260. The van der Waals surface area contributed by atoms with E-state index in [0.717, 1.165) is 30.5 Å². The minimum Gasteiger partial charge on any atom is -0.166 e. The molecule has 0 bridgehead atoms. The van der Waals surface area contributed by atoms with Crippen LogP contribution in [0, 0.1) is 0 Å². The molecule has 0 saturated heterocycles. The first-order valence-corrected chi connectivity index (χ1v) is 6.20. The number of aryl methyl sites for hydroxylation is 1. The van der Waals surface area contributed by atoms with Gasteiger partial charge in [0.1, 0.15) is 0 Å². The third-order valence-corrected chi connectivity index (χ3v) is 1.82. The molecular formula is C14H23F3. The van der Waals surface area contributed by atoms with E-state index in [1.807, 2.05) is 34.6 Å². The lowest BCUT2D eigenvalue weighted by molar-refractivity contribution is -0.137. The Morgan fingerprint density at radius 3 is 1.59 bits per heavy atom. The fourth-order valence-corrected chi connectivity index (χ4v) is 1.15. The molecule has 1 aromatic rings. The Kier molecular flexibility index (Phi) is 11.0. The van der Waals surface area contributed by atoms with E-state index in [4.69, 9.17) is 0 Å². The van der Waals surface area contributed by atoms with Gasteiger partial charge in [-0.25, -0.2) is 0 Å².